The van der Waals surface area contributed by atoms with Crippen molar-refractivity contribution in [2.45, 2.75) is 26.2 Å². The van der Waals surface area contributed by atoms with Gasteiger partial charge in [-0.1, -0.05) is 65.7 Å². The van der Waals surface area contributed by atoms with Crippen molar-refractivity contribution in [3.8, 4) is 16.9 Å². The highest BCUT2D eigenvalue weighted by Crippen LogP contribution is 2.54. The van der Waals surface area contributed by atoms with Crippen molar-refractivity contribution in [2.75, 3.05) is 0 Å². The Bertz CT molecular complexity index is 938. The summed E-state index contributed by atoms with van der Waals surface area (Å²) < 4.78 is 1.03. The summed E-state index contributed by atoms with van der Waals surface area (Å²) in [6.07, 6.45) is 0. The molecule has 1 N–H and O–H groups in total. The molecule has 0 bridgehead atoms. The molecule has 0 spiro atoms. The van der Waals surface area contributed by atoms with Crippen LogP contribution in [0, 0.1) is 6.92 Å². The van der Waals surface area contributed by atoms with Crippen molar-refractivity contribution in [1.29, 1.82) is 0 Å². The van der Waals surface area contributed by atoms with Crippen molar-refractivity contribution >= 4 is 26.7 Å². The number of hydrogen-bond acceptors (Lipinski definition) is 1. The normalized spacial score (nSPS) is 14.9. The topological polar surface area (TPSA) is 20.2 Å². The quantitative estimate of drug-likeness (QED) is 0.532. The number of fused-ring (bicyclic) bond motifs is 5. The first-order chi connectivity index (χ1) is 10.4. The molecule has 110 valence electrons. The van der Waals surface area contributed by atoms with Gasteiger partial charge < -0.3 is 5.11 Å². The molecule has 0 aliphatic heterocycles. The molecule has 4 rings (SSSR count). The zero-order valence-electron chi connectivity index (χ0n) is 12.9. The molecule has 22 heavy (non-hydrogen) atoms. The second-order valence-electron chi connectivity index (χ2n) is 6.65. The highest BCUT2D eigenvalue weighted by molar-refractivity contribution is 9.10. The minimum atomic E-state index is -0.0996. The van der Waals surface area contributed by atoms with E-state index in [2.05, 4.69) is 54.9 Å². The Morgan fingerprint density at radius 3 is 2.55 bits per heavy atom. The van der Waals surface area contributed by atoms with Crippen molar-refractivity contribution < 1.29 is 5.11 Å². The van der Waals surface area contributed by atoms with Crippen molar-refractivity contribution in [3.05, 3.63) is 63.6 Å². The SMILES string of the molecule is Cc1ccc2c(c1)C(C)(C)c1cc(O)c3cccc(Br)c3c1-2. The van der Waals surface area contributed by atoms with Gasteiger partial charge in [-0.2, -0.15) is 0 Å². The van der Waals surface area contributed by atoms with E-state index in [9.17, 15) is 5.11 Å². The fraction of sp³-hybridized carbons (Fsp3) is 0.200. The number of halogens is 1. The molecular formula is C20H17BrO. The molecule has 0 saturated carbocycles. The zero-order chi connectivity index (χ0) is 15.6. The first-order valence-corrected chi connectivity index (χ1v) is 8.26. The Morgan fingerprint density at radius 1 is 1.00 bits per heavy atom. The molecule has 0 radical (unpaired) electrons. The molecule has 1 aliphatic carbocycles. The van der Waals surface area contributed by atoms with E-state index in [0.717, 1.165) is 15.2 Å². The number of rotatable bonds is 0. The van der Waals surface area contributed by atoms with E-state index in [-0.39, 0.29) is 5.41 Å². The van der Waals surface area contributed by atoms with Crippen molar-refractivity contribution in [2.24, 2.45) is 0 Å². The molecular weight excluding hydrogens is 336 g/mol. The summed E-state index contributed by atoms with van der Waals surface area (Å²) >= 11 is 3.68. The van der Waals surface area contributed by atoms with Crippen LogP contribution in [0.4, 0.5) is 0 Å². The molecule has 0 atom stereocenters. The molecule has 2 heteroatoms. The standard InChI is InChI=1S/C20H17BrO/c1-11-7-8-12-14(9-11)20(2,3)15-10-17(22)13-5-4-6-16(21)19(13)18(12)15/h4-10,22H,1-3H3. The maximum Gasteiger partial charge on any atom is 0.123 e. The molecule has 1 aliphatic rings. The summed E-state index contributed by atoms with van der Waals surface area (Å²) in [4.78, 5) is 0. The van der Waals surface area contributed by atoms with E-state index in [1.807, 2.05) is 24.3 Å². The van der Waals surface area contributed by atoms with E-state index in [4.69, 9.17) is 0 Å². The summed E-state index contributed by atoms with van der Waals surface area (Å²) in [5.41, 5.74) is 6.24. The summed E-state index contributed by atoms with van der Waals surface area (Å²) in [5, 5.41) is 12.5. The Kier molecular flexibility index (Phi) is 2.74. The number of aromatic hydroxyl groups is 1. The first-order valence-electron chi connectivity index (χ1n) is 7.47. The second-order valence-corrected chi connectivity index (χ2v) is 7.51. The molecule has 0 heterocycles. The van der Waals surface area contributed by atoms with Gasteiger partial charge in [0.25, 0.3) is 0 Å². The van der Waals surface area contributed by atoms with Gasteiger partial charge >= 0.3 is 0 Å². The average molecular weight is 353 g/mol. The zero-order valence-corrected chi connectivity index (χ0v) is 14.5. The van der Waals surface area contributed by atoms with Gasteiger partial charge in [0, 0.05) is 20.7 Å². The highest BCUT2D eigenvalue weighted by atomic mass is 79.9. The van der Waals surface area contributed by atoms with E-state index in [1.54, 1.807) is 0 Å². The predicted octanol–water partition coefficient (Wildman–Crippen LogP) is 5.92. The van der Waals surface area contributed by atoms with Gasteiger partial charge in [0.05, 0.1) is 0 Å². The third kappa shape index (κ3) is 1.65. The van der Waals surface area contributed by atoms with Crippen molar-refractivity contribution in [1.82, 2.24) is 0 Å². The summed E-state index contributed by atoms with van der Waals surface area (Å²) in [6, 6.07) is 14.6. The van der Waals surface area contributed by atoms with E-state index in [1.165, 1.54) is 27.8 Å². The highest BCUT2D eigenvalue weighted by Gasteiger charge is 2.37. The van der Waals surface area contributed by atoms with Crippen LogP contribution in [0.2, 0.25) is 0 Å². The number of phenolic OH excluding ortho intramolecular Hbond substituents is 1. The molecule has 1 nitrogen and oxygen atoms in total. The Labute approximate surface area is 138 Å². The van der Waals surface area contributed by atoms with Gasteiger partial charge in [-0.15, -0.1) is 0 Å². The summed E-state index contributed by atoms with van der Waals surface area (Å²) in [5.74, 6) is 0.354. The fourth-order valence-corrected chi connectivity index (χ4v) is 4.29. The summed E-state index contributed by atoms with van der Waals surface area (Å²) in [7, 11) is 0. The van der Waals surface area contributed by atoms with Crippen LogP contribution in [0.1, 0.15) is 30.5 Å². The third-order valence-corrected chi connectivity index (χ3v) is 5.54. The van der Waals surface area contributed by atoms with Crippen LogP contribution in [-0.2, 0) is 5.41 Å². The van der Waals surface area contributed by atoms with Crippen LogP contribution in [0.15, 0.2) is 46.9 Å². The van der Waals surface area contributed by atoms with Crippen LogP contribution in [0.25, 0.3) is 21.9 Å². The molecule has 0 unspecified atom stereocenters. The largest absolute Gasteiger partial charge is 0.507 e. The van der Waals surface area contributed by atoms with Gasteiger partial charge in [-0.25, -0.2) is 0 Å². The molecule has 0 amide bonds. The van der Waals surface area contributed by atoms with E-state index < -0.39 is 0 Å². The molecule has 0 fully saturated rings. The Hall–Kier alpha value is -1.80. The predicted molar refractivity (Wildman–Crippen MR) is 95.6 cm³/mol. The van der Waals surface area contributed by atoms with Crippen LogP contribution in [0.5, 0.6) is 5.75 Å². The lowest BCUT2D eigenvalue weighted by Crippen LogP contribution is -2.15. The fourth-order valence-electron chi connectivity index (χ4n) is 3.72. The van der Waals surface area contributed by atoms with Crippen LogP contribution < -0.4 is 0 Å². The third-order valence-electron chi connectivity index (χ3n) is 4.88. The van der Waals surface area contributed by atoms with Gasteiger partial charge in [0.1, 0.15) is 5.75 Å². The minimum absolute atomic E-state index is 0.0996. The number of hydrogen-bond donors (Lipinski definition) is 1. The lowest BCUT2D eigenvalue weighted by atomic mass is 9.81. The lowest BCUT2D eigenvalue weighted by Gasteiger charge is -2.22. The Balaban J connectivity index is 2.25. The van der Waals surface area contributed by atoms with E-state index in [0.29, 0.717) is 5.75 Å². The first kappa shape index (κ1) is 13.8. The lowest BCUT2D eigenvalue weighted by molar-refractivity contribution is 0.479. The summed E-state index contributed by atoms with van der Waals surface area (Å²) in [6.45, 7) is 6.60. The Morgan fingerprint density at radius 2 is 1.77 bits per heavy atom. The maximum atomic E-state index is 10.5. The molecule has 0 aromatic heterocycles. The monoisotopic (exact) mass is 352 g/mol. The van der Waals surface area contributed by atoms with Crippen LogP contribution in [0.3, 0.4) is 0 Å². The maximum absolute atomic E-state index is 10.5. The van der Waals surface area contributed by atoms with Gasteiger partial charge in [0.2, 0.25) is 0 Å². The van der Waals surface area contributed by atoms with E-state index >= 15 is 0 Å². The van der Waals surface area contributed by atoms with Gasteiger partial charge in [-0.05, 0) is 41.3 Å². The average Bonchev–Trinajstić information content (AvgIpc) is 2.68. The van der Waals surface area contributed by atoms with Crippen LogP contribution >= 0.6 is 15.9 Å². The number of benzene rings is 3. The smallest absolute Gasteiger partial charge is 0.123 e. The van der Waals surface area contributed by atoms with Crippen LogP contribution in [-0.4, -0.2) is 5.11 Å². The minimum Gasteiger partial charge on any atom is -0.507 e. The van der Waals surface area contributed by atoms with Crippen molar-refractivity contribution in [3.63, 3.8) is 0 Å². The number of aryl methyl sites for hydroxylation is 1. The molecule has 3 aromatic carbocycles. The molecule has 3 aromatic rings. The number of phenols is 1. The molecule has 0 saturated heterocycles. The second kappa shape index (κ2) is 4.36. The van der Waals surface area contributed by atoms with Gasteiger partial charge in [-0.3, -0.25) is 0 Å². The van der Waals surface area contributed by atoms with Gasteiger partial charge in [0.15, 0.2) is 0 Å².